The molecule has 1 atom stereocenters. The fraction of sp³-hybridized carbons (Fsp3) is 0.294. The number of rotatable bonds is 5. The third kappa shape index (κ3) is 3.46. The zero-order valence-corrected chi connectivity index (χ0v) is 13.7. The average molecular weight is 314 g/mol. The maximum absolute atomic E-state index is 12.6. The maximum atomic E-state index is 12.6. The highest BCUT2D eigenvalue weighted by molar-refractivity contribution is 7.17. The van der Waals surface area contributed by atoms with Crippen LogP contribution in [0.1, 0.15) is 16.6 Å². The molecule has 1 aromatic carbocycles. The Kier molecular flexibility index (Phi) is 5.18. The zero-order chi connectivity index (χ0) is 16.1. The van der Waals surface area contributed by atoms with Crippen LogP contribution in [0, 0.1) is 17.2 Å². The van der Waals surface area contributed by atoms with Crippen molar-refractivity contribution in [2.75, 3.05) is 20.7 Å². The van der Waals surface area contributed by atoms with Crippen molar-refractivity contribution in [3.05, 3.63) is 41.3 Å². The number of amides is 1. The first-order valence-corrected chi connectivity index (χ1v) is 7.76. The van der Waals surface area contributed by atoms with Crippen LogP contribution in [0.2, 0.25) is 0 Å². The van der Waals surface area contributed by atoms with Crippen LogP contribution < -0.4 is 4.74 Å². The van der Waals surface area contributed by atoms with Gasteiger partial charge >= 0.3 is 0 Å². The summed E-state index contributed by atoms with van der Waals surface area (Å²) in [5.74, 6) is 0.255. The second kappa shape index (κ2) is 7.10. The van der Waals surface area contributed by atoms with Gasteiger partial charge in [-0.3, -0.25) is 4.79 Å². The van der Waals surface area contributed by atoms with Gasteiger partial charge in [0.05, 0.1) is 19.1 Å². The number of methoxy groups -OCH3 is 1. The highest BCUT2D eigenvalue weighted by Gasteiger charge is 2.22. The molecule has 22 heavy (non-hydrogen) atoms. The van der Waals surface area contributed by atoms with Gasteiger partial charge in [0.1, 0.15) is 10.6 Å². The molecule has 0 spiro atoms. The van der Waals surface area contributed by atoms with Crippen molar-refractivity contribution in [3.8, 4) is 22.3 Å². The van der Waals surface area contributed by atoms with Crippen molar-refractivity contribution in [2.45, 2.75) is 6.92 Å². The smallest absolute Gasteiger partial charge is 0.267 e. The molecular weight excluding hydrogens is 296 g/mol. The van der Waals surface area contributed by atoms with E-state index in [2.05, 4.69) is 6.07 Å². The van der Waals surface area contributed by atoms with Crippen LogP contribution in [0.25, 0.3) is 10.4 Å². The van der Waals surface area contributed by atoms with Crippen LogP contribution in [-0.4, -0.2) is 31.5 Å². The molecule has 0 radical (unpaired) electrons. The van der Waals surface area contributed by atoms with E-state index in [-0.39, 0.29) is 11.8 Å². The van der Waals surface area contributed by atoms with Crippen LogP contribution in [0.4, 0.5) is 0 Å². The molecule has 0 saturated heterocycles. The normalized spacial score (nSPS) is 11.5. The van der Waals surface area contributed by atoms with Gasteiger partial charge in [-0.15, -0.1) is 11.3 Å². The molecule has 1 aromatic heterocycles. The fourth-order valence-corrected chi connectivity index (χ4v) is 3.25. The van der Waals surface area contributed by atoms with Crippen molar-refractivity contribution < 1.29 is 9.53 Å². The molecule has 1 amide bonds. The number of ether oxygens (including phenoxy) is 1. The maximum Gasteiger partial charge on any atom is 0.267 e. The highest BCUT2D eigenvalue weighted by Crippen LogP contribution is 2.36. The highest BCUT2D eigenvalue weighted by atomic mass is 32.1. The topological polar surface area (TPSA) is 53.3 Å². The molecule has 0 saturated carbocycles. The van der Waals surface area contributed by atoms with E-state index in [1.807, 2.05) is 36.4 Å². The molecule has 1 heterocycles. The van der Waals surface area contributed by atoms with Gasteiger partial charge in [0.2, 0.25) is 0 Å². The summed E-state index contributed by atoms with van der Waals surface area (Å²) in [6.45, 7) is 2.20. The monoisotopic (exact) mass is 314 g/mol. The Labute approximate surface area is 134 Å². The van der Waals surface area contributed by atoms with Crippen molar-refractivity contribution in [2.24, 2.45) is 5.92 Å². The van der Waals surface area contributed by atoms with Gasteiger partial charge in [0, 0.05) is 18.5 Å². The third-order valence-corrected chi connectivity index (χ3v) is 4.44. The van der Waals surface area contributed by atoms with E-state index in [9.17, 15) is 4.79 Å². The second-order valence-corrected chi connectivity index (χ2v) is 6.14. The molecular formula is C17H18N2O2S. The minimum atomic E-state index is -0.200. The molecule has 0 fully saturated rings. The van der Waals surface area contributed by atoms with E-state index in [0.717, 1.165) is 10.4 Å². The Morgan fingerprint density at radius 3 is 2.68 bits per heavy atom. The van der Waals surface area contributed by atoms with E-state index in [1.165, 1.54) is 11.3 Å². The Bertz CT molecular complexity index is 688. The van der Waals surface area contributed by atoms with Gasteiger partial charge in [0.25, 0.3) is 5.91 Å². The number of benzene rings is 1. The molecule has 0 N–H and O–H groups in total. The summed E-state index contributed by atoms with van der Waals surface area (Å²) in [6.07, 6.45) is 0. The van der Waals surface area contributed by atoms with Crippen LogP contribution >= 0.6 is 11.3 Å². The van der Waals surface area contributed by atoms with Crippen molar-refractivity contribution in [3.63, 3.8) is 0 Å². The van der Waals surface area contributed by atoms with Crippen molar-refractivity contribution in [1.82, 2.24) is 4.90 Å². The fourth-order valence-electron chi connectivity index (χ4n) is 2.13. The van der Waals surface area contributed by atoms with Crippen LogP contribution in [-0.2, 0) is 0 Å². The lowest BCUT2D eigenvalue weighted by Crippen LogP contribution is -2.30. The molecule has 1 unspecified atom stereocenters. The summed E-state index contributed by atoms with van der Waals surface area (Å²) in [7, 11) is 3.27. The summed E-state index contributed by atoms with van der Waals surface area (Å²) in [4.78, 5) is 15.7. The van der Waals surface area contributed by atoms with Crippen LogP contribution in [0.15, 0.2) is 36.4 Å². The number of carbonyl (C=O) groups is 1. The molecule has 4 nitrogen and oxygen atoms in total. The van der Waals surface area contributed by atoms with E-state index >= 15 is 0 Å². The lowest BCUT2D eigenvalue weighted by molar-refractivity contribution is 0.0787. The minimum Gasteiger partial charge on any atom is -0.495 e. The van der Waals surface area contributed by atoms with E-state index in [1.54, 1.807) is 26.0 Å². The second-order valence-electron chi connectivity index (χ2n) is 5.09. The lowest BCUT2D eigenvalue weighted by atomic mass is 10.2. The summed E-state index contributed by atoms with van der Waals surface area (Å²) in [6, 6.07) is 13.9. The van der Waals surface area contributed by atoms with Crippen molar-refractivity contribution >= 4 is 17.2 Å². The molecule has 0 aliphatic rings. The van der Waals surface area contributed by atoms with Crippen LogP contribution in [0.3, 0.4) is 0 Å². The van der Waals surface area contributed by atoms with E-state index in [4.69, 9.17) is 10.00 Å². The van der Waals surface area contributed by atoms with Gasteiger partial charge in [-0.1, -0.05) is 30.3 Å². The Hall–Kier alpha value is -2.32. The largest absolute Gasteiger partial charge is 0.495 e. The van der Waals surface area contributed by atoms with E-state index < -0.39 is 0 Å². The quantitative estimate of drug-likeness (QED) is 0.846. The number of nitriles is 1. The number of carbonyl (C=O) groups excluding carboxylic acids is 1. The molecule has 0 bridgehead atoms. The number of nitrogens with zero attached hydrogens (tertiary/aromatic N) is 2. The minimum absolute atomic E-state index is 0.119. The molecule has 0 aliphatic heterocycles. The predicted molar refractivity (Wildman–Crippen MR) is 88.0 cm³/mol. The summed E-state index contributed by atoms with van der Waals surface area (Å²) < 4.78 is 5.35. The Morgan fingerprint density at radius 1 is 1.41 bits per heavy atom. The van der Waals surface area contributed by atoms with Crippen LogP contribution in [0.5, 0.6) is 5.75 Å². The van der Waals surface area contributed by atoms with Gasteiger partial charge in [-0.2, -0.15) is 5.26 Å². The zero-order valence-electron chi connectivity index (χ0n) is 12.9. The molecule has 114 valence electrons. The number of hydrogen-bond acceptors (Lipinski definition) is 4. The molecule has 2 rings (SSSR count). The number of thiophene rings is 1. The average Bonchev–Trinajstić information content (AvgIpc) is 2.99. The van der Waals surface area contributed by atoms with E-state index in [0.29, 0.717) is 17.2 Å². The Balaban J connectivity index is 2.29. The summed E-state index contributed by atoms with van der Waals surface area (Å²) >= 11 is 1.41. The lowest BCUT2D eigenvalue weighted by Gasteiger charge is -2.17. The standard InChI is InChI=1S/C17H18N2O2S/c1-12(10-18)11-19(2)17(20)16-14(21-3)9-15(22-16)13-7-5-4-6-8-13/h4-9,12H,11H2,1-3H3. The predicted octanol–water partition coefficient (Wildman–Crippen LogP) is 3.66. The summed E-state index contributed by atoms with van der Waals surface area (Å²) in [5.41, 5.74) is 1.05. The molecule has 2 aromatic rings. The third-order valence-electron chi connectivity index (χ3n) is 3.29. The SMILES string of the molecule is COc1cc(-c2ccccc2)sc1C(=O)N(C)CC(C)C#N. The first-order valence-electron chi connectivity index (χ1n) is 6.95. The summed E-state index contributed by atoms with van der Waals surface area (Å²) in [5, 5.41) is 8.88. The Morgan fingerprint density at radius 2 is 2.09 bits per heavy atom. The molecule has 5 heteroatoms. The van der Waals surface area contributed by atoms with Gasteiger partial charge < -0.3 is 9.64 Å². The first kappa shape index (κ1) is 16.1. The van der Waals surface area contributed by atoms with Gasteiger partial charge in [0.15, 0.2) is 0 Å². The van der Waals surface area contributed by atoms with Gasteiger partial charge in [-0.05, 0) is 18.6 Å². The molecule has 0 aliphatic carbocycles. The van der Waals surface area contributed by atoms with Gasteiger partial charge in [-0.25, -0.2) is 0 Å². The first-order chi connectivity index (χ1) is 10.6. The number of hydrogen-bond donors (Lipinski definition) is 0. The van der Waals surface area contributed by atoms with Crippen molar-refractivity contribution in [1.29, 1.82) is 5.26 Å².